The Morgan fingerprint density at radius 1 is 1.09 bits per heavy atom. The predicted octanol–water partition coefficient (Wildman–Crippen LogP) is 2.85. The van der Waals surface area contributed by atoms with Crippen LogP contribution in [-0.4, -0.2) is 53.8 Å². The van der Waals surface area contributed by atoms with Gasteiger partial charge in [0, 0.05) is 24.6 Å². The normalized spacial score (nSPS) is 12.7. The lowest BCUT2D eigenvalue weighted by molar-refractivity contribution is -0.133. The number of ether oxygens (including phenoxy) is 1. The molecule has 0 radical (unpaired) electrons. The molecule has 1 aliphatic carbocycles. The van der Waals surface area contributed by atoms with E-state index >= 15 is 0 Å². The molecule has 0 aromatic heterocycles. The van der Waals surface area contributed by atoms with E-state index in [0.717, 1.165) is 22.3 Å². The second-order valence-electron chi connectivity index (χ2n) is 7.17. The van der Waals surface area contributed by atoms with Crippen LogP contribution in [0.15, 0.2) is 48.5 Å². The summed E-state index contributed by atoms with van der Waals surface area (Å²) in [5.41, 5.74) is 4.45. The van der Waals surface area contributed by atoms with Gasteiger partial charge in [-0.05, 0) is 22.3 Å². The molecule has 1 aliphatic rings. The number of carboxylic acids is 1. The molecule has 0 fully saturated rings. The molecule has 0 aliphatic heterocycles. The summed E-state index contributed by atoms with van der Waals surface area (Å²) in [7, 11) is 0. The van der Waals surface area contributed by atoms with Crippen molar-refractivity contribution in [3.05, 3.63) is 59.7 Å². The third-order valence-electron chi connectivity index (χ3n) is 5.05. The van der Waals surface area contributed by atoms with Crippen molar-refractivity contribution in [1.29, 1.82) is 0 Å². The van der Waals surface area contributed by atoms with Gasteiger partial charge in [0.1, 0.15) is 12.6 Å². The summed E-state index contributed by atoms with van der Waals surface area (Å²) in [6.45, 7) is 0.403. The van der Waals surface area contributed by atoms with Crippen molar-refractivity contribution >= 4 is 29.7 Å². The van der Waals surface area contributed by atoms with Gasteiger partial charge in [-0.25, -0.2) is 4.79 Å². The first-order chi connectivity index (χ1) is 15.5. The average Bonchev–Trinajstić information content (AvgIpc) is 3.10. The summed E-state index contributed by atoms with van der Waals surface area (Å²) in [4.78, 5) is 35.3. The second kappa shape index (κ2) is 11.3. The highest BCUT2D eigenvalue weighted by molar-refractivity contribution is 7.99. The molecule has 0 saturated carbocycles. The molecule has 0 heterocycles. The van der Waals surface area contributed by atoms with Crippen LogP contribution in [0.5, 0.6) is 0 Å². The molecule has 2 amide bonds. The largest absolute Gasteiger partial charge is 0.481 e. The van der Waals surface area contributed by atoms with E-state index in [4.69, 9.17) is 16.3 Å². The number of carboxylic acid groups (broad SMARTS) is 1. The molecular formula is C24H24N2O5S. The molecule has 32 heavy (non-hydrogen) atoms. The second-order valence-corrected chi connectivity index (χ2v) is 8.27. The van der Waals surface area contributed by atoms with Gasteiger partial charge >= 0.3 is 12.1 Å². The highest BCUT2D eigenvalue weighted by atomic mass is 32.2. The quantitative estimate of drug-likeness (QED) is 0.378. The van der Waals surface area contributed by atoms with Crippen LogP contribution in [0.25, 0.3) is 11.1 Å². The summed E-state index contributed by atoms with van der Waals surface area (Å²) in [6, 6.07) is 15.1. The highest BCUT2D eigenvalue weighted by Gasteiger charge is 2.29. The summed E-state index contributed by atoms with van der Waals surface area (Å²) < 4.78 is 5.47. The Kier molecular flexibility index (Phi) is 8.17. The van der Waals surface area contributed by atoms with Gasteiger partial charge in [0.05, 0.1) is 5.75 Å². The number of carbonyl (C=O) groups excluding carboxylic acids is 2. The van der Waals surface area contributed by atoms with Crippen LogP contribution < -0.4 is 10.6 Å². The number of benzene rings is 2. The van der Waals surface area contributed by atoms with Gasteiger partial charge in [0.15, 0.2) is 0 Å². The van der Waals surface area contributed by atoms with Gasteiger partial charge in [0.2, 0.25) is 5.91 Å². The van der Waals surface area contributed by atoms with Crippen LogP contribution in [0.2, 0.25) is 0 Å². The number of alkyl carbamates (subject to hydrolysis) is 1. The topological polar surface area (TPSA) is 105 Å². The number of thioether (sulfide) groups is 1. The lowest BCUT2D eigenvalue weighted by Gasteiger charge is -2.18. The molecular weight excluding hydrogens is 428 g/mol. The molecule has 3 N–H and O–H groups in total. The molecule has 2 aromatic carbocycles. The van der Waals surface area contributed by atoms with E-state index in [-0.39, 0.29) is 31.2 Å². The minimum absolute atomic E-state index is 0.0122. The van der Waals surface area contributed by atoms with Crippen molar-refractivity contribution in [2.24, 2.45) is 0 Å². The maximum Gasteiger partial charge on any atom is 0.407 e. The molecule has 166 valence electrons. The fourth-order valence-corrected chi connectivity index (χ4v) is 4.20. The zero-order valence-electron chi connectivity index (χ0n) is 17.4. The molecule has 2 aromatic rings. The molecule has 1 atom stereocenters. The smallest absolute Gasteiger partial charge is 0.407 e. The molecule has 8 heteroatoms. The number of terminal acetylenes is 1. The molecule has 7 nitrogen and oxygen atoms in total. The lowest BCUT2D eigenvalue weighted by Crippen LogP contribution is -2.47. The van der Waals surface area contributed by atoms with Crippen molar-refractivity contribution < 1.29 is 24.2 Å². The van der Waals surface area contributed by atoms with Crippen LogP contribution in [0.3, 0.4) is 0 Å². The maximum atomic E-state index is 12.4. The first-order valence-corrected chi connectivity index (χ1v) is 11.3. The van der Waals surface area contributed by atoms with Crippen molar-refractivity contribution in [1.82, 2.24) is 10.6 Å². The monoisotopic (exact) mass is 452 g/mol. The zero-order chi connectivity index (χ0) is 22.9. The lowest BCUT2D eigenvalue weighted by atomic mass is 9.98. The van der Waals surface area contributed by atoms with Crippen LogP contribution in [0.4, 0.5) is 4.79 Å². The van der Waals surface area contributed by atoms with Gasteiger partial charge in [-0.2, -0.15) is 0 Å². The Morgan fingerprint density at radius 3 is 2.31 bits per heavy atom. The SMILES string of the molecule is C#CCC(NC(=O)OCC1c2ccccc2-c2ccccc21)C(=O)NCCSCC(=O)O. The van der Waals surface area contributed by atoms with Crippen LogP contribution >= 0.6 is 11.8 Å². The average molecular weight is 453 g/mol. The van der Waals surface area contributed by atoms with Crippen molar-refractivity contribution in [2.75, 3.05) is 24.7 Å². The number of hydrogen-bond donors (Lipinski definition) is 3. The van der Waals surface area contributed by atoms with Crippen LogP contribution in [-0.2, 0) is 14.3 Å². The standard InChI is InChI=1S/C24H24N2O5S/c1-2-7-21(23(29)25-12-13-32-15-22(27)28)26-24(30)31-14-20-18-10-5-3-8-16(18)17-9-4-6-11-19(17)20/h1,3-6,8-11,20-21H,7,12-15H2,(H,25,29)(H,26,30)(H,27,28). The van der Waals surface area contributed by atoms with Crippen molar-refractivity contribution in [2.45, 2.75) is 18.4 Å². The van der Waals surface area contributed by atoms with E-state index in [1.54, 1.807) is 0 Å². The van der Waals surface area contributed by atoms with Crippen molar-refractivity contribution in [3.63, 3.8) is 0 Å². The van der Waals surface area contributed by atoms with Crippen molar-refractivity contribution in [3.8, 4) is 23.5 Å². The van der Waals surface area contributed by atoms with Crippen LogP contribution in [0.1, 0.15) is 23.5 Å². The van der Waals surface area contributed by atoms with Gasteiger partial charge in [-0.1, -0.05) is 48.5 Å². The van der Waals surface area contributed by atoms with E-state index in [0.29, 0.717) is 5.75 Å². The Labute approximate surface area is 190 Å². The van der Waals surface area contributed by atoms with E-state index in [1.807, 2.05) is 36.4 Å². The number of amides is 2. The minimum atomic E-state index is -0.930. The number of hydrogen-bond acceptors (Lipinski definition) is 5. The maximum absolute atomic E-state index is 12.4. The fraction of sp³-hybridized carbons (Fsp3) is 0.292. The van der Waals surface area contributed by atoms with Gasteiger partial charge < -0.3 is 20.5 Å². The molecule has 3 rings (SSSR count). The number of fused-ring (bicyclic) bond motifs is 3. The Bertz CT molecular complexity index is 988. The predicted molar refractivity (Wildman–Crippen MR) is 123 cm³/mol. The molecule has 0 bridgehead atoms. The first kappa shape index (κ1) is 23.2. The van der Waals surface area contributed by atoms with Gasteiger partial charge in [-0.3, -0.25) is 9.59 Å². The number of rotatable bonds is 10. The summed E-state index contributed by atoms with van der Waals surface area (Å²) in [5.74, 6) is 1.34. The van der Waals surface area contributed by atoms with Gasteiger partial charge in [0.25, 0.3) is 0 Å². The third kappa shape index (κ3) is 5.83. The number of carbonyl (C=O) groups is 3. The summed E-state index contributed by atoms with van der Waals surface area (Å²) in [5, 5.41) is 13.8. The Hall–Kier alpha value is -3.44. The fourth-order valence-electron chi connectivity index (χ4n) is 3.64. The summed E-state index contributed by atoms with van der Waals surface area (Å²) >= 11 is 1.19. The van der Waals surface area contributed by atoms with E-state index in [9.17, 15) is 14.4 Å². The Balaban J connectivity index is 1.54. The van der Waals surface area contributed by atoms with E-state index in [2.05, 4.69) is 28.7 Å². The van der Waals surface area contributed by atoms with Gasteiger partial charge in [-0.15, -0.1) is 24.1 Å². The molecule has 1 unspecified atom stereocenters. The molecule has 0 saturated heterocycles. The third-order valence-corrected chi connectivity index (χ3v) is 5.99. The minimum Gasteiger partial charge on any atom is -0.481 e. The number of aliphatic carboxylic acids is 1. The first-order valence-electron chi connectivity index (χ1n) is 10.1. The zero-order valence-corrected chi connectivity index (χ0v) is 18.2. The van der Waals surface area contributed by atoms with Crippen LogP contribution in [0, 0.1) is 12.3 Å². The highest BCUT2D eigenvalue weighted by Crippen LogP contribution is 2.44. The Morgan fingerprint density at radius 2 is 1.72 bits per heavy atom. The summed E-state index contributed by atoms with van der Waals surface area (Å²) in [6.07, 6.45) is 4.63. The molecule has 0 spiro atoms. The van der Waals surface area contributed by atoms with E-state index < -0.39 is 24.0 Å². The van der Waals surface area contributed by atoms with E-state index in [1.165, 1.54) is 11.8 Å². The number of nitrogens with one attached hydrogen (secondary N) is 2.